The lowest BCUT2D eigenvalue weighted by molar-refractivity contribution is -0.137. The first-order valence-electron chi connectivity index (χ1n) is 5.63. The molecule has 0 spiro atoms. The summed E-state index contributed by atoms with van der Waals surface area (Å²) in [5.74, 6) is 0. The van der Waals surface area contributed by atoms with Crippen molar-refractivity contribution < 1.29 is 13.2 Å². The molecule has 2 nitrogen and oxygen atoms in total. The summed E-state index contributed by atoms with van der Waals surface area (Å²) in [6.45, 7) is 4.61. The standard InChI is InChI=1S/C12H15F3N2.ClH/c1-9-8-16-6-7-17(9)11-4-2-10(3-5-11)12(13,14)15;/h2-5,9,16H,6-8H2,1H3;1H. The number of nitrogens with one attached hydrogen (secondary N) is 1. The molecule has 1 aliphatic rings. The lowest BCUT2D eigenvalue weighted by atomic mass is 10.1. The van der Waals surface area contributed by atoms with Crippen LogP contribution >= 0.6 is 12.4 Å². The Labute approximate surface area is 111 Å². The molecule has 18 heavy (non-hydrogen) atoms. The summed E-state index contributed by atoms with van der Waals surface area (Å²) in [6, 6.07) is 5.68. The molecule has 1 saturated heterocycles. The fourth-order valence-electron chi connectivity index (χ4n) is 2.07. The van der Waals surface area contributed by atoms with Gasteiger partial charge in [0.1, 0.15) is 0 Å². The van der Waals surface area contributed by atoms with Gasteiger partial charge in [0.15, 0.2) is 0 Å². The van der Waals surface area contributed by atoms with Gasteiger partial charge in [-0.2, -0.15) is 13.2 Å². The van der Waals surface area contributed by atoms with Crippen molar-refractivity contribution in [1.29, 1.82) is 0 Å². The van der Waals surface area contributed by atoms with Crippen LogP contribution in [0.5, 0.6) is 0 Å². The van der Waals surface area contributed by atoms with Gasteiger partial charge in [0.25, 0.3) is 0 Å². The molecule has 0 saturated carbocycles. The Morgan fingerprint density at radius 2 is 1.83 bits per heavy atom. The van der Waals surface area contributed by atoms with E-state index in [4.69, 9.17) is 0 Å². The van der Waals surface area contributed by atoms with E-state index in [0.29, 0.717) is 6.04 Å². The largest absolute Gasteiger partial charge is 0.416 e. The van der Waals surface area contributed by atoms with Gasteiger partial charge in [0, 0.05) is 31.4 Å². The van der Waals surface area contributed by atoms with Crippen molar-refractivity contribution in [2.45, 2.75) is 19.1 Å². The van der Waals surface area contributed by atoms with Crippen LogP contribution < -0.4 is 10.2 Å². The van der Waals surface area contributed by atoms with Gasteiger partial charge in [-0.3, -0.25) is 0 Å². The molecule has 1 unspecified atom stereocenters. The molecule has 0 radical (unpaired) electrons. The third-order valence-corrected chi connectivity index (χ3v) is 3.03. The van der Waals surface area contributed by atoms with E-state index >= 15 is 0 Å². The second-order valence-electron chi connectivity index (χ2n) is 4.29. The first-order valence-corrected chi connectivity index (χ1v) is 5.63. The molecule has 1 aromatic rings. The van der Waals surface area contributed by atoms with Crippen molar-refractivity contribution >= 4 is 18.1 Å². The number of nitrogens with zero attached hydrogens (tertiary/aromatic N) is 1. The van der Waals surface area contributed by atoms with Gasteiger partial charge in [-0.05, 0) is 31.2 Å². The van der Waals surface area contributed by atoms with Crippen molar-refractivity contribution in [2.75, 3.05) is 24.5 Å². The summed E-state index contributed by atoms with van der Waals surface area (Å²) in [5.41, 5.74) is 0.260. The van der Waals surface area contributed by atoms with Crippen molar-refractivity contribution in [3.05, 3.63) is 29.8 Å². The van der Waals surface area contributed by atoms with E-state index < -0.39 is 11.7 Å². The molecule has 1 heterocycles. The Morgan fingerprint density at radius 1 is 1.22 bits per heavy atom. The fraction of sp³-hybridized carbons (Fsp3) is 0.500. The number of hydrogen-bond donors (Lipinski definition) is 1. The van der Waals surface area contributed by atoms with Crippen LogP contribution in [0.25, 0.3) is 0 Å². The summed E-state index contributed by atoms with van der Waals surface area (Å²) in [7, 11) is 0. The first-order chi connectivity index (χ1) is 7.98. The molecule has 1 aromatic carbocycles. The maximum Gasteiger partial charge on any atom is 0.416 e. The highest BCUT2D eigenvalue weighted by Gasteiger charge is 2.30. The molecule has 102 valence electrons. The van der Waals surface area contributed by atoms with Crippen LogP contribution in [0.15, 0.2) is 24.3 Å². The van der Waals surface area contributed by atoms with Crippen LogP contribution in [0, 0.1) is 0 Å². The van der Waals surface area contributed by atoms with Crippen molar-refractivity contribution in [3.8, 4) is 0 Å². The lowest BCUT2D eigenvalue weighted by Crippen LogP contribution is -2.49. The molecule has 0 amide bonds. The molecule has 0 aliphatic carbocycles. The Morgan fingerprint density at radius 3 is 2.33 bits per heavy atom. The van der Waals surface area contributed by atoms with Gasteiger partial charge < -0.3 is 10.2 Å². The highest BCUT2D eigenvalue weighted by molar-refractivity contribution is 5.85. The number of rotatable bonds is 1. The molecule has 1 fully saturated rings. The zero-order chi connectivity index (χ0) is 12.5. The predicted molar refractivity (Wildman–Crippen MR) is 68.4 cm³/mol. The molecule has 0 bridgehead atoms. The molecule has 0 aromatic heterocycles. The van der Waals surface area contributed by atoms with Crippen LogP contribution in [-0.2, 0) is 6.18 Å². The SMILES string of the molecule is CC1CNCCN1c1ccc(C(F)(F)F)cc1.Cl. The monoisotopic (exact) mass is 280 g/mol. The van der Waals surface area contributed by atoms with E-state index in [1.165, 1.54) is 0 Å². The third-order valence-electron chi connectivity index (χ3n) is 3.03. The Kier molecular flexibility index (Phi) is 4.87. The maximum absolute atomic E-state index is 12.4. The Bertz CT molecular complexity index is 378. The summed E-state index contributed by atoms with van der Waals surface area (Å²) in [5, 5.41) is 3.25. The van der Waals surface area contributed by atoms with Crippen LogP contribution in [0.2, 0.25) is 0 Å². The van der Waals surface area contributed by atoms with Crippen LogP contribution in [-0.4, -0.2) is 25.7 Å². The van der Waals surface area contributed by atoms with Gasteiger partial charge in [-0.25, -0.2) is 0 Å². The number of piperazine rings is 1. The lowest BCUT2D eigenvalue weighted by Gasteiger charge is -2.36. The van der Waals surface area contributed by atoms with Crippen LogP contribution in [0.4, 0.5) is 18.9 Å². The predicted octanol–water partition coefficient (Wildman–Crippen LogP) is 2.93. The van der Waals surface area contributed by atoms with Gasteiger partial charge in [0.05, 0.1) is 5.56 Å². The van der Waals surface area contributed by atoms with E-state index in [1.54, 1.807) is 12.1 Å². The second-order valence-corrected chi connectivity index (χ2v) is 4.29. The zero-order valence-electron chi connectivity index (χ0n) is 10.00. The number of hydrogen-bond acceptors (Lipinski definition) is 2. The maximum atomic E-state index is 12.4. The van der Waals surface area contributed by atoms with E-state index in [1.807, 2.05) is 0 Å². The molecule has 1 atom stereocenters. The van der Waals surface area contributed by atoms with Crippen molar-refractivity contribution in [3.63, 3.8) is 0 Å². The quantitative estimate of drug-likeness (QED) is 0.851. The molecular weight excluding hydrogens is 265 g/mol. The average molecular weight is 281 g/mol. The highest BCUT2D eigenvalue weighted by atomic mass is 35.5. The molecular formula is C12H16ClF3N2. The highest BCUT2D eigenvalue weighted by Crippen LogP contribution is 2.30. The van der Waals surface area contributed by atoms with Gasteiger partial charge in [-0.15, -0.1) is 12.4 Å². The number of halogens is 4. The summed E-state index contributed by atoms with van der Waals surface area (Å²) in [4.78, 5) is 2.12. The molecule has 6 heteroatoms. The second kappa shape index (κ2) is 5.80. The van der Waals surface area contributed by atoms with Gasteiger partial charge in [-0.1, -0.05) is 0 Å². The smallest absolute Gasteiger partial charge is 0.366 e. The van der Waals surface area contributed by atoms with E-state index in [2.05, 4.69) is 17.1 Å². The first kappa shape index (κ1) is 15.1. The Hall–Kier alpha value is -0.940. The zero-order valence-corrected chi connectivity index (χ0v) is 10.8. The molecule has 1 N–H and O–H groups in total. The minimum absolute atomic E-state index is 0. The van der Waals surface area contributed by atoms with Crippen LogP contribution in [0.3, 0.4) is 0 Å². The molecule has 1 aliphatic heterocycles. The summed E-state index contributed by atoms with van der Waals surface area (Å²) < 4.78 is 37.2. The number of benzene rings is 1. The van der Waals surface area contributed by atoms with Crippen molar-refractivity contribution in [2.24, 2.45) is 0 Å². The normalized spacial score (nSPS) is 20.4. The topological polar surface area (TPSA) is 15.3 Å². The van der Waals surface area contributed by atoms with E-state index in [9.17, 15) is 13.2 Å². The fourth-order valence-corrected chi connectivity index (χ4v) is 2.07. The van der Waals surface area contributed by atoms with Crippen molar-refractivity contribution in [1.82, 2.24) is 5.32 Å². The summed E-state index contributed by atoms with van der Waals surface area (Å²) in [6.07, 6.45) is -4.26. The van der Waals surface area contributed by atoms with Gasteiger partial charge in [0.2, 0.25) is 0 Å². The minimum Gasteiger partial charge on any atom is -0.366 e. The number of alkyl halides is 3. The number of anilines is 1. The van der Waals surface area contributed by atoms with E-state index in [-0.39, 0.29) is 12.4 Å². The third kappa shape index (κ3) is 3.29. The van der Waals surface area contributed by atoms with E-state index in [0.717, 1.165) is 37.5 Å². The molecule has 2 rings (SSSR count). The van der Waals surface area contributed by atoms with Crippen LogP contribution in [0.1, 0.15) is 12.5 Å². The Balaban J connectivity index is 0.00000162. The summed E-state index contributed by atoms with van der Waals surface area (Å²) >= 11 is 0. The van der Waals surface area contributed by atoms with Gasteiger partial charge >= 0.3 is 6.18 Å². The minimum atomic E-state index is -4.26. The average Bonchev–Trinajstić information content (AvgIpc) is 2.29.